The highest BCUT2D eigenvalue weighted by atomic mass is 16.2. The van der Waals surface area contributed by atoms with Gasteiger partial charge in [0.05, 0.1) is 0 Å². The van der Waals surface area contributed by atoms with Gasteiger partial charge in [0.25, 0.3) is 5.91 Å². The van der Waals surface area contributed by atoms with E-state index in [4.69, 9.17) is 0 Å². The predicted molar refractivity (Wildman–Crippen MR) is 114 cm³/mol. The number of nitrogens with zero attached hydrogens (tertiary/aromatic N) is 2. The zero-order valence-corrected chi connectivity index (χ0v) is 17.2. The molecule has 2 fully saturated rings. The van der Waals surface area contributed by atoms with Crippen molar-refractivity contribution in [1.82, 2.24) is 15.1 Å². The number of likely N-dealkylation sites (tertiary alicyclic amines) is 1. The summed E-state index contributed by atoms with van der Waals surface area (Å²) in [4.78, 5) is 42.3. The van der Waals surface area contributed by atoms with Crippen LogP contribution in [0, 0.1) is 0 Å². The molecule has 30 heavy (non-hydrogen) atoms. The number of benzene rings is 2. The third-order valence-electron chi connectivity index (χ3n) is 6.17. The van der Waals surface area contributed by atoms with Crippen LogP contribution in [0.5, 0.6) is 0 Å². The Labute approximate surface area is 176 Å². The first-order chi connectivity index (χ1) is 14.5. The normalized spacial score (nSPS) is 24.1. The van der Waals surface area contributed by atoms with Crippen molar-refractivity contribution in [3.63, 3.8) is 0 Å². The lowest BCUT2D eigenvalue weighted by Gasteiger charge is -2.34. The highest BCUT2D eigenvalue weighted by molar-refractivity contribution is 6.09. The monoisotopic (exact) mass is 405 g/mol. The van der Waals surface area contributed by atoms with Gasteiger partial charge in [0.1, 0.15) is 6.54 Å². The summed E-state index contributed by atoms with van der Waals surface area (Å²) in [5.41, 5.74) is 0.439. The number of hydrogen-bond donors (Lipinski definition) is 1. The van der Waals surface area contributed by atoms with Crippen LogP contribution in [0.15, 0.2) is 60.7 Å². The molecule has 2 aromatic carbocycles. The second-order valence-corrected chi connectivity index (χ2v) is 8.19. The first-order valence-corrected chi connectivity index (χ1v) is 10.5. The van der Waals surface area contributed by atoms with E-state index in [-0.39, 0.29) is 24.4 Å². The standard InChI is InChI=1S/C24H27N3O3/c1-18-10-8-9-15-26(18)21(28)17-27-22(29)24(25-23(27)30,20-13-6-3-7-14-20)16-19-11-4-2-5-12-19/h2-7,11-14,18H,8-10,15-17H2,1H3,(H,25,30)/t18-,24+/m1/s1. The van der Waals surface area contributed by atoms with Crippen LogP contribution in [0.2, 0.25) is 0 Å². The largest absolute Gasteiger partial charge is 0.338 e. The number of hydrogen-bond acceptors (Lipinski definition) is 3. The molecule has 2 aliphatic heterocycles. The number of carbonyl (C=O) groups excluding carboxylic acids is 3. The zero-order valence-electron chi connectivity index (χ0n) is 17.2. The third kappa shape index (κ3) is 3.70. The molecule has 0 bridgehead atoms. The van der Waals surface area contributed by atoms with Gasteiger partial charge in [0.15, 0.2) is 5.54 Å². The van der Waals surface area contributed by atoms with Crippen LogP contribution in [-0.2, 0) is 21.5 Å². The Bertz CT molecular complexity index is 931. The molecular formula is C24H27N3O3. The minimum atomic E-state index is -1.21. The molecule has 1 N–H and O–H groups in total. The second kappa shape index (κ2) is 8.30. The lowest BCUT2D eigenvalue weighted by atomic mass is 9.83. The van der Waals surface area contributed by atoms with Gasteiger partial charge in [-0.15, -0.1) is 0 Å². The summed E-state index contributed by atoms with van der Waals surface area (Å²) in [5, 5.41) is 2.92. The molecule has 2 saturated heterocycles. The lowest BCUT2D eigenvalue weighted by molar-refractivity contribution is -0.141. The summed E-state index contributed by atoms with van der Waals surface area (Å²) in [7, 11) is 0. The molecule has 2 atom stereocenters. The molecule has 0 unspecified atom stereocenters. The summed E-state index contributed by atoms with van der Waals surface area (Å²) in [6.07, 6.45) is 3.33. The molecular weight excluding hydrogens is 378 g/mol. The molecule has 2 heterocycles. The van der Waals surface area contributed by atoms with Gasteiger partial charge in [-0.3, -0.25) is 14.5 Å². The van der Waals surface area contributed by atoms with E-state index in [1.54, 1.807) is 4.90 Å². The van der Waals surface area contributed by atoms with Crippen LogP contribution >= 0.6 is 0 Å². The average Bonchev–Trinajstić information content (AvgIpc) is 3.00. The van der Waals surface area contributed by atoms with Crippen LogP contribution in [-0.4, -0.2) is 46.8 Å². The molecule has 6 nitrogen and oxygen atoms in total. The van der Waals surface area contributed by atoms with Crippen molar-refractivity contribution in [1.29, 1.82) is 0 Å². The van der Waals surface area contributed by atoms with Crippen molar-refractivity contribution in [3.05, 3.63) is 71.8 Å². The maximum atomic E-state index is 13.6. The van der Waals surface area contributed by atoms with Crippen molar-refractivity contribution in [2.75, 3.05) is 13.1 Å². The Morgan fingerprint density at radius 2 is 1.70 bits per heavy atom. The molecule has 2 aromatic rings. The molecule has 4 rings (SSSR count). The van der Waals surface area contributed by atoms with Crippen LogP contribution in [0.25, 0.3) is 0 Å². The molecule has 0 spiro atoms. The Hall–Kier alpha value is -3.15. The van der Waals surface area contributed by atoms with Gasteiger partial charge in [0, 0.05) is 19.0 Å². The van der Waals surface area contributed by atoms with Gasteiger partial charge in [0.2, 0.25) is 5.91 Å². The van der Waals surface area contributed by atoms with Crippen molar-refractivity contribution < 1.29 is 14.4 Å². The number of piperidine rings is 1. The number of amides is 4. The van der Waals surface area contributed by atoms with E-state index in [2.05, 4.69) is 5.32 Å². The Morgan fingerprint density at radius 3 is 2.37 bits per heavy atom. The number of rotatable bonds is 5. The first kappa shape index (κ1) is 20.1. The quantitative estimate of drug-likeness (QED) is 0.778. The Kier molecular flexibility index (Phi) is 5.57. The third-order valence-corrected chi connectivity index (χ3v) is 6.17. The van der Waals surface area contributed by atoms with Crippen LogP contribution in [0.3, 0.4) is 0 Å². The predicted octanol–water partition coefficient (Wildman–Crippen LogP) is 3.08. The van der Waals surface area contributed by atoms with Gasteiger partial charge in [-0.25, -0.2) is 4.79 Å². The van der Waals surface area contributed by atoms with E-state index < -0.39 is 11.6 Å². The number of carbonyl (C=O) groups is 3. The van der Waals surface area contributed by atoms with Crippen molar-refractivity contribution in [3.8, 4) is 0 Å². The summed E-state index contributed by atoms with van der Waals surface area (Å²) >= 11 is 0. The minimum absolute atomic E-state index is 0.134. The molecule has 0 saturated carbocycles. The lowest BCUT2D eigenvalue weighted by Crippen LogP contribution is -2.49. The topological polar surface area (TPSA) is 69.7 Å². The molecule has 0 aliphatic carbocycles. The first-order valence-electron chi connectivity index (χ1n) is 10.5. The number of imide groups is 1. The minimum Gasteiger partial charge on any atom is -0.338 e. The molecule has 2 aliphatic rings. The van der Waals surface area contributed by atoms with Gasteiger partial charge >= 0.3 is 6.03 Å². The van der Waals surface area contributed by atoms with Crippen molar-refractivity contribution in [2.45, 2.75) is 44.2 Å². The van der Waals surface area contributed by atoms with Gasteiger partial charge in [-0.2, -0.15) is 0 Å². The van der Waals surface area contributed by atoms with E-state index in [1.165, 1.54) is 0 Å². The fourth-order valence-corrected chi connectivity index (χ4v) is 4.51. The van der Waals surface area contributed by atoms with E-state index in [0.717, 1.165) is 29.7 Å². The zero-order chi connectivity index (χ0) is 21.1. The summed E-state index contributed by atoms with van der Waals surface area (Å²) < 4.78 is 0. The maximum absolute atomic E-state index is 13.6. The number of nitrogens with one attached hydrogen (secondary N) is 1. The molecule has 4 amide bonds. The van der Waals surface area contributed by atoms with Crippen molar-refractivity contribution >= 4 is 17.8 Å². The van der Waals surface area contributed by atoms with Gasteiger partial charge in [-0.1, -0.05) is 60.7 Å². The summed E-state index contributed by atoms with van der Waals surface area (Å²) in [6.45, 7) is 2.47. The van der Waals surface area contributed by atoms with E-state index >= 15 is 0 Å². The highest BCUT2D eigenvalue weighted by Gasteiger charge is 2.53. The second-order valence-electron chi connectivity index (χ2n) is 8.19. The van der Waals surface area contributed by atoms with E-state index in [1.807, 2.05) is 67.6 Å². The van der Waals surface area contributed by atoms with Gasteiger partial charge < -0.3 is 10.2 Å². The molecule has 0 aromatic heterocycles. The highest BCUT2D eigenvalue weighted by Crippen LogP contribution is 2.33. The van der Waals surface area contributed by atoms with E-state index in [9.17, 15) is 14.4 Å². The smallest absolute Gasteiger partial charge is 0.325 e. The Balaban J connectivity index is 1.63. The fourth-order valence-electron chi connectivity index (χ4n) is 4.51. The van der Waals surface area contributed by atoms with Crippen LogP contribution in [0.1, 0.15) is 37.3 Å². The van der Waals surface area contributed by atoms with E-state index in [0.29, 0.717) is 18.5 Å². The molecule has 0 radical (unpaired) electrons. The van der Waals surface area contributed by atoms with Gasteiger partial charge in [-0.05, 0) is 37.3 Å². The van der Waals surface area contributed by atoms with Crippen LogP contribution < -0.4 is 5.32 Å². The Morgan fingerprint density at radius 1 is 1.03 bits per heavy atom. The maximum Gasteiger partial charge on any atom is 0.325 e. The molecule has 6 heteroatoms. The molecule has 156 valence electrons. The summed E-state index contributed by atoms with van der Waals surface area (Å²) in [6, 6.07) is 18.5. The van der Waals surface area contributed by atoms with Crippen molar-refractivity contribution in [2.24, 2.45) is 0 Å². The SMILES string of the molecule is C[C@@H]1CCCCN1C(=O)CN1C(=O)N[C@@](Cc2ccccc2)(c2ccccc2)C1=O. The van der Waals surface area contributed by atoms with Crippen LogP contribution in [0.4, 0.5) is 4.79 Å². The summed E-state index contributed by atoms with van der Waals surface area (Å²) in [5.74, 6) is -0.546. The average molecular weight is 405 g/mol. The number of urea groups is 1. The fraction of sp³-hybridized carbons (Fsp3) is 0.375.